The molecule has 1 aliphatic rings. The van der Waals surface area contributed by atoms with Crippen LogP contribution in [0.4, 0.5) is 5.69 Å². The number of amidine groups is 1. The Hall–Kier alpha value is -3.43. The van der Waals surface area contributed by atoms with Crippen LogP contribution in [0.5, 0.6) is 5.75 Å². The fourth-order valence-electron chi connectivity index (χ4n) is 3.24. The average molecular weight is 464 g/mol. The summed E-state index contributed by atoms with van der Waals surface area (Å²) in [5.74, 6) is -0.614. The number of carbonyl (C=O) groups is 1. The van der Waals surface area contributed by atoms with Gasteiger partial charge in [-0.15, -0.1) is 5.10 Å². The maximum absolute atomic E-state index is 13.0. The summed E-state index contributed by atoms with van der Waals surface area (Å²) < 4.78 is 11.0. The van der Waals surface area contributed by atoms with Gasteiger partial charge in [0.1, 0.15) is 35.9 Å². The summed E-state index contributed by atoms with van der Waals surface area (Å²) in [6.07, 6.45) is -7.95. The number of aliphatic hydroxyl groups is 4. The van der Waals surface area contributed by atoms with Crippen molar-refractivity contribution in [1.82, 2.24) is 20.3 Å². The number of carbonyl (C=O) groups excluding carboxylic acids is 1. The maximum atomic E-state index is 13.0. The number of aliphatic hydroxyl groups excluding tert-OH is 4. The Morgan fingerprint density at radius 2 is 1.88 bits per heavy atom. The van der Waals surface area contributed by atoms with Crippen molar-refractivity contribution in [2.45, 2.75) is 30.6 Å². The molecule has 0 saturated carbocycles. The van der Waals surface area contributed by atoms with E-state index in [1.807, 2.05) is 0 Å². The van der Waals surface area contributed by atoms with Gasteiger partial charge in [0.2, 0.25) is 0 Å². The van der Waals surface area contributed by atoms with Crippen molar-refractivity contribution in [3.63, 3.8) is 0 Å². The van der Waals surface area contributed by atoms with Crippen molar-refractivity contribution >= 4 is 17.4 Å². The lowest BCUT2D eigenvalue weighted by Crippen LogP contribution is -2.58. The summed E-state index contributed by atoms with van der Waals surface area (Å²) in [5.41, 5.74) is -1.20. The molecule has 14 heteroatoms. The zero-order valence-corrected chi connectivity index (χ0v) is 17.7. The standard InChI is InChI=1S/C19H24N6O8/c1-21-12-11(16(20)22-17(30)8-3-5-9(32-2)6-4-8)23-24-25(18(12)31)19-15(29)14(28)13(27)10(7-26)33-19/h3-6,10,13-15,19,21,26-29H,7H2,1-2H3,(H2,20,22,30). The fourth-order valence-corrected chi connectivity index (χ4v) is 3.24. The number of benzene rings is 1. The molecule has 1 aromatic heterocycles. The minimum absolute atomic E-state index is 0.231. The molecule has 0 bridgehead atoms. The molecule has 5 unspecified atom stereocenters. The predicted octanol–water partition coefficient (Wildman–Crippen LogP) is -2.58. The van der Waals surface area contributed by atoms with Crippen LogP contribution in [0.25, 0.3) is 0 Å². The predicted molar refractivity (Wildman–Crippen MR) is 112 cm³/mol. The molecule has 3 rings (SSSR count). The van der Waals surface area contributed by atoms with E-state index in [9.17, 15) is 30.0 Å². The quantitative estimate of drug-likeness (QED) is 0.174. The van der Waals surface area contributed by atoms with Crippen LogP contribution in [0.3, 0.4) is 0 Å². The summed E-state index contributed by atoms with van der Waals surface area (Å²) >= 11 is 0. The van der Waals surface area contributed by atoms with Crippen LogP contribution in [-0.4, -0.2) is 92.3 Å². The molecule has 178 valence electrons. The number of ether oxygens (including phenoxy) is 2. The largest absolute Gasteiger partial charge is 0.497 e. The number of aromatic nitrogens is 3. The van der Waals surface area contributed by atoms with E-state index in [1.165, 1.54) is 26.3 Å². The van der Waals surface area contributed by atoms with Crippen molar-refractivity contribution < 1.29 is 34.7 Å². The summed E-state index contributed by atoms with van der Waals surface area (Å²) in [7, 11) is 2.85. The number of rotatable bonds is 6. The SMILES string of the molecule is CNc1c(C(=N)NC(=O)c2ccc(OC)cc2)nnn(C2OC(CO)C(O)C(O)C2O)c1=O. The van der Waals surface area contributed by atoms with Gasteiger partial charge in [0.05, 0.1) is 13.7 Å². The molecule has 1 fully saturated rings. The van der Waals surface area contributed by atoms with E-state index in [0.29, 0.717) is 10.4 Å². The number of nitrogens with zero attached hydrogens (tertiary/aromatic N) is 3. The molecule has 2 heterocycles. The third kappa shape index (κ3) is 4.69. The fraction of sp³-hybridized carbons (Fsp3) is 0.421. The number of methoxy groups -OCH3 is 1. The first-order chi connectivity index (χ1) is 15.7. The smallest absolute Gasteiger partial charge is 0.296 e. The second-order valence-corrected chi connectivity index (χ2v) is 7.09. The Morgan fingerprint density at radius 3 is 2.45 bits per heavy atom. The molecule has 5 atom stereocenters. The summed E-state index contributed by atoms with van der Waals surface area (Å²) in [4.78, 5) is 25.4. The summed E-state index contributed by atoms with van der Waals surface area (Å²) in [5, 5.41) is 60.0. The molecule has 33 heavy (non-hydrogen) atoms. The molecule has 0 spiro atoms. The number of hydrogen-bond acceptors (Lipinski definition) is 12. The molecule has 0 aliphatic carbocycles. The number of nitrogens with one attached hydrogen (secondary N) is 3. The van der Waals surface area contributed by atoms with Crippen molar-refractivity contribution in [2.75, 3.05) is 26.1 Å². The highest BCUT2D eigenvalue weighted by Crippen LogP contribution is 2.27. The maximum Gasteiger partial charge on any atom is 0.296 e. The van der Waals surface area contributed by atoms with E-state index < -0.39 is 54.6 Å². The Labute approximate surface area is 186 Å². The van der Waals surface area contributed by atoms with E-state index in [-0.39, 0.29) is 16.9 Å². The van der Waals surface area contributed by atoms with Gasteiger partial charge < -0.3 is 40.5 Å². The van der Waals surface area contributed by atoms with Gasteiger partial charge in [-0.05, 0) is 24.3 Å². The number of hydrogen-bond donors (Lipinski definition) is 7. The average Bonchev–Trinajstić information content (AvgIpc) is 2.82. The third-order valence-corrected chi connectivity index (χ3v) is 5.09. The number of anilines is 1. The zero-order valence-electron chi connectivity index (χ0n) is 17.7. The topological polar surface area (TPSA) is 212 Å². The normalized spacial score (nSPS) is 24.7. The van der Waals surface area contributed by atoms with Gasteiger partial charge in [0.25, 0.3) is 11.5 Å². The van der Waals surface area contributed by atoms with Gasteiger partial charge in [-0.3, -0.25) is 15.0 Å². The lowest BCUT2D eigenvalue weighted by Gasteiger charge is -2.39. The second kappa shape index (κ2) is 10.0. The zero-order chi connectivity index (χ0) is 24.3. The summed E-state index contributed by atoms with van der Waals surface area (Å²) in [6, 6.07) is 6.12. The molecule has 14 nitrogen and oxygen atoms in total. The van der Waals surface area contributed by atoms with E-state index >= 15 is 0 Å². The molecular formula is C19H24N6O8. The third-order valence-electron chi connectivity index (χ3n) is 5.09. The van der Waals surface area contributed by atoms with Gasteiger partial charge in [-0.2, -0.15) is 4.68 Å². The van der Waals surface area contributed by atoms with Crippen LogP contribution in [0, 0.1) is 5.41 Å². The van der Waals surface area contributed by atoms with Gasteiger partial charge in [0, 0.05) is 12.6 Å². The lowest BCUT2D eigenvalue weighted by atomic mass is 9.98. The Morgan fingerprint density at radius 1 is 1.21 bits per heavy atom. The molecular weight excluding hydrogens is 440 g/mol. The molecule has 1 saturated heterocycles. The first-order valence-electron chi connectivity index (χ1n) is 9.75. The first-order valence-corrected chi connectivity index (χ1v) is 9.75. The molecule has 2 aromatic rings. The molecule has 1 aromatic carbocycles. The minimum Gasteiger partial charge on any atom is -0.497 e. The molecule has 1 aliphatic heterocycles. The van der Waals surface area contributed by atoms with E-state index in [4.69, 9.17) is 14.9 Å². The van der Waals surface area contributed by atoms with Gasteiger partial charge in [-0.25, -0.2) is 0 Å². The number of amides is 1. The highest BCUT2D eigenvalue weighted by Gasteiger charge is 2.45. The van der Waals surface area contributed by atoms with E-state index in [2.05, 4.69) is 20.9 Å². The molecule has 1 amide bonds. The molecule has 0 radical (unpaired) electrons. The van der Waals surface area contributed by atoms with Crippen LogP contribution in [0.2, 0.25) is 0 Å². The van der Waals surface area contributed by atoms with Crippen molar-refractivity contribution in [3.05, 3.63) is 45.9 Å². The van der Waals surface area contributed by atoms with Crippen LogP contribution >= 0.6 is 0 Å². The minimum atomic E-state index is -1.76. The second-order valence-electron chi connectivity index (χ2n) is 7.09. The first kappa shape index (κ1) is 24.2. The van der Waals surface area contributed by atoms with Crippen molar-refractivity contribution in [1.29, 1.82) is 5.41 Å². The van der Waals surface area contributed by atoms with E-state index in [0.717, 1.165) is 0 Å². The van der Waals surface area contributed by atoms with Crippen molar-refractivity contribution in [3.8, 4) is 5.75 Å². The Bertz CT molecular complexity index is 1070. The Balaban J connectivity index is 1.87. The van der Waals surface area contributed by atoms with Crippen LogP contribution in [0.15, 0.2) is 29.1 Å². The van der Waals surface area contributed by atoms with Gasteiger partial charge >= 0.3 is 0 Å². The monoisotopic (exact) mass is 464 g/mol. The van der Waals surface area contributed by atoms with Crippen LogP contribution in [0.1, 0.15) is 22.3 Å². The van der Waals surface area contributed by atoms with Crippen molar-refractivity contribution in [2.24, 2.45) is 0 Å². The van der Waals surface area contributed by atoms with Crippen LogP contribution < -0.4 is 20.9 Å². The highest BCUT2D eigenvalue weighted by molar-refractivity contribution is 6.12. The van der Waals surface area contributed by atoms with E-state index in [1.54, 1.807) is 12.1 Å². The van der Waals surface area contributed by atoms with Gasteiger partial charge in [0.15, 0.2) is 17.8 Å². The van der Waals surface area contributed by atoms with Crippen LogP contribution in [-0.2, 0) is 4.74 Å². The van der Waals surface area contributed by atoms with Gasteiger partial charge in [-0.1, -0.05) is 5.21 Å². The summed E-state index contributed by atoms with van der Waals surface area (Å²) in [6.45, 7) is -0.692. The Kier molecular flexibility index (Phi) is 7.35. The highest BCUT2D eigenvalue weighted by atomic mass is 16.6. The lowest BCUT2D eigenvalue weighted by molar-refractivity contribution is -0.255. The molecule has 7 N–H and O–H groups in total.